The SMILES string of the molecule is CC.CC1CCC2C3CCC4=CC(=O)CCC4(C)C3C(O)CC12C. The van der Waals surface area contributed by atoms with E-state index in [0.717, 1.165) is 31.1 Å². The standard InChI is InChI=1S/C20H30O2.C2H6/c1-12-4-7-16-15-6-5-13-10-14(21)8-9-19(13,2)18(15)17(22)11-20(12,16)3;1-2/h10,12,15-18,22H,4-9,11H2,1-3H3;1-2H3. The van der Waals surface area contributed by atoms with Crippen molar-refractivity contribution in [2.45, 2.75) is 85.7 Å². The Bertz CT molecular complexity index is 536. The Morgan fingerprint density at radius 1 is 1.12 bits per heavy atom. The summed E-state index contributed by atoms with van der Waals surface area (Å²) in [5.74, 6) is 2.87. The molecule has 2 heteroatoms. The zero-order valence-corrected chi connectivity index (χ0v) is 16.3. The molecule has 0 bridgehead atoms. The smallest absolute Gasteiger partial charge is 0.155 e. The Hall–Kier alpha value is -0.630. The van der Waals surface area contributed by atoms with E-state index in [2.05, 4.69) is 20.8 Å². The molecule has 0 amide bonds. The maximum Gasteiger partial charge on any atom is 0.155 e. The molecule has 0 aliphatic heterocycles. The third-order valence-corrected chi connectivity index (χ3v) is 8.37. The fourth-order valence-corrected chi connectivity index (χ4v) is 6.94. The number of ketones is 1. The van der Waals surface area contributed by atoms with Gasteiger partial charge in [-0.2, -0.15) is 0 Å². The van der Waals surface area contributed by atoms with Crippen LogP contribution >= 0.6 is 0 Å². The number of aliphatic hydroxyl groups is 1. The number of rotatable bonds is 0. The van der Waals surface area contributed by atoms with Gasteiger partial charge in [0, 0.05) is 6.42 Å². The predicted molar refractivity (Wildman–Crippen MR) is 98.6 cm³/mol. The monoisotopic (exact) mass is 332 g/mol. The molecule has 0 saturated heterocycles. The average Bonchev–Trinajstić information content (AvgIpc) is 2.85. The third kappa shape index (κ3) is 2.43. The summed E-state index contributed by atoms with van der Waals surface area (Å²) in [4.78, 5) is 11.8. The van der Waals surface area contributed by atoms with E-state index in [1.165, 1.54) is 24.8 Å². The van der Waals surface area contributed by atoms with Gasteiger partial charge in [0.2, 0.25) is 0 Å². The summed E-state index contributed by atoms with van der Waals surface area (Å²) in [6, 6.07) is 0. The van der Waals surface area contributed by atoms with Crippen LogP contribution in [0, 0.1) is 34.5 Å². The number of carbonyl (C=O) groups excluding carboxylic acids is 1. The van der Waals surface area contributed by atoms with Crippen molar-refractivity contribution in [3.8, 4) is 0 Å². The van der Waals surface area contributed by atoms with Crippen molar-refractivity contribution in [1.29, 1.82) is 0 Å². The third-order valence-electron chi connectivity index (χ3n) is 8.37. The van der Waals surface area contributed by atoms with E-state index in [-0.39, 0.29) is 11.5 Å². The van der Waals surface area contributed by atoms with E-state index >= 15 is 0 Å². The van der Waals surface area contributed by atoms with Crippen LogP contribution in [0.15, 0.2) is 11.6 Å². The van der Waals surface area contributed by atoms with Gasteiger partial charge in [0.1, 0.15) is 0 Å². The molecule has 7 unspecified atom stereocenters. The second-order valence-electron chi connectivity index (χ2n) is 9.14. The molecule has 0 radical (unpaired) electrons. The Morgan fingerprint density at radius 2 is 1.83 bits per heavy atom. The van der Waals surface area contributed by atoms with Crippen LogP contribution in [-0.4, -0.2) is 17.0 Å². The van der Waals surface area contributed by atoms with Gasteiger partial charge in [0.25, 0.3) is 0 Å². The van der Waals surface area contributed by atoms with Crippen molar-refractivity contribution in [3.05, 3.63) is 11.6 Å². The second kappa shape index (κ2) is 6.27. The van der Waals surface area contributed by atoms with E-state index < -0.39 is 0 Å². The molecule has 136 valence electrons. The molecule has 0 aromatic rings. The minimum absolute atomic E-state index is 0.0728. The number of allylic oxidation sites excluding steroid dienone is 1. The summed E-state index contributed by atoms with van der Waals surface area (Å²) in [7, 11) is 0. The lowest BCUT2D eigenvalue weighted by Gasteiger charge is -2.59. The molecular weight excluding hydrogens is 296 g/mol. The molecule has 0 spiro atoms. The van der Waals surface area contributed by atoms with Crippen LogP contribution in [0.25, 0.3) is 0 Å². The average molecular weight is 333 g/mol. The highest BCUT2D eigenvalue weighted by Gasteiger charge is 2.61. The summed E-state index contributed by atoms with van der Waals surface area (Å²) >= 11 is 0. The maximum atomic E-state index is 11.8. The van der Waals surface area contributed by atoms with Crippen molar-refractivity contribution in [2.75, 3.05) is 0 Å². The van der Waals surface area contributed by atoms with Crippen molar-refractivity contribution in [1.82, 2.24) is 0 Å². The topological polar surface area (TPSA) is 37.3 Å². The first-order chi connectivity index (χ1) is 11.4. The Kier molecular flexibility index (Phi) is 4.75. The van der Waals surface area contributed by atoms with Crippen molar-refractivity contribution in [3.63, 3.8) is 0 Å². The van der Waals surface area contributed by atoms with Crippen molar-refractivity contribution >= 4 is 5.78 Å². The molecule has 0 aromatic heterocycles. The molecular formula is C22H36O2. The van der Waals surface area contributed by atoms with Crippen LogP contribution in [0.1, 0.15) is 79.6 Å². The summed E-state index contributed by atoms with van der Waals surface area (Å²) in [6.07, 6.45) is 9.28. The van der Waals surface area contributed by atoms with Crippen LogP contribution in [0.5, 0.6) is 0 Å². The Labute approximate surface area is 148 Å². The lowest BCUT2D eigenvalue weighted by Crippen LogP contribution is -2.56. The molecule has 0 heterocycles. The highest BCUT2D eigenvalue weighted by Crippen LogP contribution is 2.66. The van der Waals surface area contributed by atoms with E-state index in [1.807, 2.05) is 19.9 Å². The van der Waals surface area contributed by atoms with Crippen LogP contribution in [0.3, 0.4) is 0 Å². The number of hydrogen-bond donors (Lipinski definition) is 1. The van der Waals surface area contributed by atoms with E-state index in [1.54, 1.807) is 0 Å². The minimum Gasteiger partial charge on any atom is -0.393 e. The van der Waals surface area contributed by atoms with E-state index in [4.69, 9.17) is 0 Å². The number of fused-ring (bicyclic) bond motifs is 5. The molecule has 1 N–H and O–H groups in total. The summed E-state index contributed by atoms with van der Waals surface area (Å²) in [5.41, 5.74) is 1.75. The molecule has 7 atom stereocenters. The number of aliphatic hydroxyl groups excluding tert-OH is 1. The fourth-order valence-electron chi connectivity index (χ4n) is 6.94. The summed E-state index contributed by atoms with van der Waals surface area (Å²) in [5, 5.41) is 11.1. The molecule has 24 heavy (non-hydrogen) atoms. The van der Waals surface area contributed by atoms with Gasteiger partial charge >= 0.3 is 0 Å². The highest BCUT2D eigenvalue weighted by molar-refractivity contribution is 5.91. The first kappa shape index (κ1) is 18.2. The Morgan fingerprint density at radius 3 is 2.54 bits per heavy atom. The highest BCUT2D eigenvalue weighted by atomic mass is 16.3. The van der Waals surface area contributed by atoms with Gasteiger partial charge in [-0.15, -0.1) is 0 Å². The molecule has 4 rings (SSSR count). The van der Waals surface area contributed by atoms with Crippen LogP contribution in [0.2, 0.25) is 0 Å². The first-order valence-corrected chi connectivity index (χ1v) is 10.3. The van der Waals surface area contributed by atoms with Crippen molar-refractivity contribution in [2.24, 2.45) is 34.5 Å². The largest absolute Gasteiger partial charge is 0.393 e. The normalized spacial score (nSPS) is 50.0. The van der Waals surface area contributed by atoms with Crippen LogP contribution < -0.4 is 0 Å². The number of carbonyl (C=O) groups is 1. The van der Waals surface area contributed by atoms with Crippen LogP contribution in [-0.2, 0) is 4.79 Å². The second-order valence-corrected chi connectivity index (χ2v) is 9.14. The molecule has 3 fully saturated rings. The van der Waals surface area contributed by atoms with Gasteiger partial charge in [0.05, 0.1) is 6.10 Å². The van der Waals surface area contributed by atoms with Gasteiger partial charge in [-0.25, -0.2) is 0 Å². The number of hydrogen-bond acceptors (Lipinski definition) is 2. The van der Waals surface area contributed by atoms with Gasteiger partial charge in [-0.3, -0.25) is 4.79 Å². The van der Waals surface area contributed by atoms with E-state index in [0.29, 0.717) is 29.5 Å². The van der Waals surface area contributed by atoms with Gasteiger partial charge in [-0.05, 0) is 79.1 Å². The van der Waals surface area contributed by atoms with Gasteiger partial charge < -0.3 is 5.11 Å². The lowest BCUT2D eigenvalue weighted by molar-refractivity contribution is -0.132. The first-order valence-electron chi connectivity index (χ1n) is 10.3. The minimum atomic E-state index is -0.186. The molecule has 3 saturated carbocycles. The molecule has 4 aliphatic rings. The fraction of sp³-hybridized carbons (Fsp3) is 0.864. The quantitative estimate of drug-likeness (QED) is 0.666. The molecule has 0 aromatic carbocycles. The Balaban J connectivity index is 0.000000815. The zero-order chi connectivity index (χ0) is 17.7. The molecule has 2 nitrogen and oxygen atoms in total. The molecule has 4 aliphatic carbocycles. The maximum absolute atomic E-state index is 11.8. The van der Waals surface area contributed by atoms with Gasteiger partial charge in [0.15, 0.2) is 5.78 Å². The lowest BCUT2D eigenvalue weighted by atomic mass is 9.46. The van der Waals surface area contributed by atoms with Crippen molar-refractivity contribution < 1.29 is 9.90 Å². The predicted octanol–water partition coefficient (Wildman–Crippen LogP) is 5.15. The zero-order valence-electron chi connectivity index (χ0n) is 16.3. The van der Waals surface area contributed by atoms with Gasteiger partial charge in [-0.1, -0.05) is 40.2 Å². The summed E-state index contributed by atoms with van der Waals surface area (Å²) in [6.45, 7) is 11.2. The van der Waals surface area contributed by atoms with Crippen LogP contribution in [0.4, 0.5) is 0 Å². The summed E-state index contributed by atoms with van der Waals surface area (Å²) < 4.78 is 0. The van der Waals surface area contributed by atoms with E-state index in [9.17, 15) is 9.90 Å².